The molecule has 0 aliphatic carbocycles. The molecule has 5 heteroatoms. The van der Waals surface area contributed by atoms with Gasteiger partial charge < -0.3 is 9.64 Å². The number of hydrogen-bond donors (Lipinski definition) is 0. The molecule has 0 saturated carbocycles. The molecule has 1 aromatic rings. The molecule has 1 unspecified atom stereocenters. The number of likely N-dealkylation sites (tertiary alicyclic amines) is 1. The minimum atomic E-state index is -0.220. The second-order valence-corrected chi connectivity index (χ2v) is 5.74. The maximum Gasteiger partial charge on any atom is 0.310 e. The predicted octanol–water partition coefficient (Wildman–Crippen LogP) is 3.06. The predicted molar refractivity (Wildman–Crippen MR) is 81.4 cm³/mol. The van der Waals surface area contributed by atoms with E-state index < -0.39 is 0 Å². The third-order valence-electron chi connectivity index (χ3n) is 3.76. The average molecular weight is 310 g/mol. The molecule has 2 rings (SSSR count). The van der Waals surface area contributed by atoms with E-state index in [2.05, 4.69) is 0 Å². The number of piperidine rings is 1. The summed E-state index contributed by atoms with van der Waals surface area (Å²) in [5, 5.41) is 0.544. The van der Waals surface area contributed by atoms with E-state index in [-0.39, 0.29) is 17.8 Å². The molecule has 1 fully saturated rings. The molecule has 1 atom stereocenters. The van der Waals surface area contributed by atoms with Crippen molar-refractivity contribution in [1.29, 1.82) is 0 Å². The van der Waals surface area contributed by atoms with Crippen molar-refractivity contribution in [3.63, 3.8) is 0 Å². The van der Waals surface area contributed by atoms with Crippen LogP contribution in [-0.2, 0) is 9.53 Å². The van der Waals surface area contributed by atoms with Crippen LogP contribution in [0.3, 0.4) is 0 Å². The van der Waals surface area contributed by atoms with Gasteiger partial charge >= 0.3 is 5.97 Å². The summed E-state index contributed by atoms with van der Waals surface area (Å²) in [6.45, 7) is 5.14. The first-order chi connectivity index (χ1) is 10.0. The first kappa shape index (κ1) is 15.8. The number of rotatable bonds is 3. The van der Waals surface area contributed by atoms with Gasteiger partial charge in [0, 0.05) is 23.7 Å². The molecule has 1 heterocycles. The lowest BCUT2D eigenvalue weighted by Crippen LogP contribution is -2.43. The zero-order valence-electron chi connectivity index (χ0n) is 12.4. The average Bonchev–Trinajstić information content (AvgIpc) is 2.49. The van der Waals surface area contributed by atoms with E-state index in [0.29, 0.717) is 30.3 Å². The van der Waals surface area contributed by atoms with Gasteiger partial charge in [-0.2, -0.15) is 0 Å². The molecule has 0 spiro atoms. The van der Waals surface area contributed by atoms with Crippen molar-refractivity contribution in [3.05, 3.63) is 34.3 Å². The SMILES string of the molecule is CCOC(=O)C1CCCN(C(=O)c2cc(Cl)ccc2C)C1. The highest BCUT2D eigenvalue weighted by atomic mass is 35.5. The van der Waals surface area contributed by atoms with Crippen LogP contribution in [0, 0.1) is 12.8 Å². The van der Waals surface area contributed by atoms with E-state index in [9.17, 15) is 9.59 Å². The van der Waals surface area contributed by atoms with Crippen LogP contribution < -0.4 is 0 Å². The second kappa shape index (κ2) is 6.94. The van der Waals surface area contributed by atoms with E-state index in [0.717, 1.165) is 18.4 Å². The number of amides is 1. The van der Waals surface area contributed by atoms with Gasteiger partial charge in [-0.1, -0.05) is 17.7 Å². The summed E-state index contributed by atoms with van der Waals surface area (Å²) >= 11 is 5.98. The topological polar surface area (TPSA) is 46.6 Å². The van der Waals surface area contributed by atoms with Gasteiger partial charge in [0.15, 0.2) is 0 Å². The second-order valence-electron chi connectivity index (χ2n) is 5.30. The number of hydrogen-bond acceptors (Lipinski definition) is 3. The highest BCUT2D eigenvalue weighted by molar-refractivity contribution is 6.31. The summed E-state index contributed by atoms with van der Waals surface area (Å²) in [4.78, 5) is 26.2. The fourth-order valence-corrected chi connectivity index (χ4v) is 2.78. The van der Waals surface area contributed by atoms with E-state index in [1.54, 1.807) is 24.0 Å². The molecule has 1 aliphatic heterocycles. The monoisotopic (exact) mass is 309 g/mol. The van der Waals surface area contributed by atoms with Gasteiger partial charge in [0.05, 0.1) is 12.5 Å². The fraction of sp³-hybridized carbons (Fsp3) is 0.500. The van der Waals surface area contributed by atoms with Gasteiger partial charge in [-0.25, -0.2) is 0 Å². The molecule has 0 N–H and O–H groups in total. The summed E-state index contributed by atoms with van der Waals surface area (Å²) in [5.41, 5.74) is 1.50. The van der Waals surface area contributed by atoms with Crippen molar-refractivity contribution in [2.24, 2.45) is 5.92 Å². The Balaban J connectivity index is 2.12. The third kappa shape index (κ3) is 3.76. The maximum atomic E-state index is 12.6. The van der Waals surface area contributed by atoms with Crippen LogP contribution in [0.2, 0.25) is 5.02 Å². The Labute approximate surface area is 130 Å². The molecule has 4 nitrogen and oxygen atoms in total. The van der Waals surface area contributed by atoms with Crippen LogP contribution in [0.15, 0.2) is 18.2 Å². The Morgan fingerprint density at radius 2 is 2.19 bits per heavy atom. The highest BCUT2D eigenvalue weighted by Gasteiger charge is 2.30. The first-order valence-electron chi connectivity index (χ1n) is 7.25. The number of halogens is 1. The van der Waals surface area contributed by atoms with Crippen LogP contribution in [-0.4, -0.2) is 36.5 Å². The molecule has 1 amide bonds. The minimum absolute atomic E-state index is 0.0657. The van der Waals surface area contributed by atoms with Gasteiger partial charge in [-0.3, -0.25) is 9.59 Å². The van der Waals surface area contributed by atoms with Crippen molar-refractivity contribution >= 4 is 23.5 Å². The van der Waals surface area contributed by atoms with Gasteiger partial charge in [0.25, 0.3) is 5.91 Å². The summed E-state index contributed by atoms with van der Waals surface area (Å²) in [5.74, 6) is -0.496. The zero-order chi connectivity index (χ0) is 15.4. The minimum Gasteiger partial charge on any atom is -0.466 e. The number of esters is 1. The number of benzene rings is 1. The Morgan fingerprint density at radius 3 is 2.90 bits per heavy atom. The smallest absolute Gasteiger partial charge is 0.310 e. The standard InChI is InChI=1S/C16H20ClNO3/c1-3-21-16(20)12-5-4-8-18(10-12)15(19)14-9-13(17)7-6-11(14)2/h6-7,9,12H,3-5,8,10H2,1-2H3. The molecule has 0 aromatic heterocycles. The summed E-state index contributed by atoms with van der Waals surface area (Å²) in [6.07, 6.45) is 1.59. The quantitative estimate of drug-likeness (QED) is 0.806. The van der Waals surface area contributed by atoms with Gasteiger partial charge in [0.1, 0.15) is 0 Å². The van der Waals surface area contributed by atoms with E-state index >= 15 is 0 Å². The van der Waals surface area contributed by atoms with Crippen molar-refractivity contribution < 1.29 is 14.3 Å². The van der Waals surface area contributed by atoms with Crippen LogP contribution in [0.4, 0.5) is 0 Å². The van der Waals surface area contributed by atoms with E-state index in [1.165, 1.54) is 0 Å². The largest absolute Gasteiger partial charge is 0.466 e. The van der Waals surface area contributed by atoms with Crippen LogP contribution in [0.1, 0.15) is 35.7 Å². The lowest BCUT2D eigenvalue weighted by molar-refractivity contribution is -0.149. The highest BCUT2D eigenvalue weighted by Crippen LogP contribution is 2.22. The molecular weight excluding hydrogens is 290 g/mol. The maximum absolute atomic E-state index is 12.6. The van der Waals surface area contributed by atoms with E-state index in [4.69, 9.17) is 16.3 Å². The Bertz CT molecular complexity index is 544. The molecule has 1 saturated heterocycles. The Hall–Kier alpha value is -1.55. The molecule has 0 bridgehead atoms. The third-order valence-corrected chi connectivity index (χ3v) is 3.99. The number of aryl methyl sites for hydroxylation is 1. The van der Waals surface area contributed by atoms with Crippen molar-refractivity contribution in [1.82, 2.24) is 4.90 Å². The normalized spacial score (nSPS) is 18.4. The van der Waals surface area contributed by atoms with Gasteiger partial charge in [0.2, 0.25) is 0 Å². The molecule has 114 valence electrons. The number of ether oxygens (including phenoxy) is 1. The fourth-order valence-electron chi connectivity index (χ4n) is 2.61. The van der Waals surface area contributed by atoms with Crippen LogP contribution in [0.25, 0.3) is 0 Å². The number of carbonyl (C=O) groups is 2. The lowest BCUT2D eigenvalue weighted by atomic mass is 9.97. The zero-order valence-corrected chi connectivity index (χ0v) is 13.2. The number of carbonyl (C=O) groups excluding carboxylic acids is 2. The first-order valence-corrected chi connectivity index (χ1v) is 7.62. The van der Waals surface area contributed by atoms with Gasteiger partial charge in [-0.15, -0.1) is 0 Å². The van der Waals surface area contributed by atoms with Crippen molar-refractivity contribution in [3.8, 4) is 0 Å². The summed E-state index contributed by atoms with van der Waals surface area (Å²) < 4.78 is 5.06. The van der Waals surface area contributed by atoms with Crippen molar-refractivity contribution in [2.45, 2.75) is 26.7 Å². The number of nitrogens with zero attached hydrogens (tertiary/aromatic N) is 1. The molecular formula is C16H20ClNO3. The Kier molecular flexibility index (Phi) is 5.23. The Morgan fingerprint density at radius 1 is 1.43 bits per heavy atom. The molecule has 0 radical (unpaired) electrons. The molecule has 21 heavy (non-hydrogen) atoms. The molecule has 1 aliphatic rings. The van der Waals surface area contributed by atoms with Crippen molar-refractivity contribution in [2.75, 3.05) is 19.7 Å². The van der Waals surface area contributed by atoms with Gasteiger partial charge in [-0.05, 0) is 44.4 Å². The van der Waals surface area contributed by atoms with Crippen LogP contribution in [0.5, 0.6) is 0 Å². The summed E-state index contributed by atoms with van der Waals surface area (Å²) in [6, 6.07) is 5.29. The summed E-state index contributed by atoms with van der Waals surface area (Å²) in [7, 11) is 0. The van der Waals surface area contributed by atoms with E-state index in [1.807, 2.05) is 13.0 Å². The lowest BCUT2D eigenvalue weighted by Gasteiger charge is -2.32. The van der Waals surface area contributed by atoms with Crippen LogP contribution >= 0.6 is 11.6 Å². The molecule has 1 aromatic carbocycles.